The van der Waals surface area contributed by atoms with Crippen molar-refractivity contribution in [2.45, 2.75) is 26.3 Å². The number of nitrogens with zero attached hydrogens (tertiary/aromatic N) is 1. The van der Waals surface area contributed by atoms with E-state index in [-0.39, 0.29) is 12.5 Å². The second kappa shape index (κ2) is 9.84. The van der Waals surface area contributed by atoms with Crippen LogP contribution in [-0.4, -0.2) is 43.7 Å². The molecule has 0 aromatic heterocycles. The molecule has 2 N–H and O–H groups in total. The minimum absolute atomic E-state index is 0.0566. The molecule has 1 aromatic rings. The summed E-state index contributed by atoms with van der Waals surface area (Å²) in [5.41, 5.74) is 4.69. The summed E-state index contributed by atoms with van der Waals surface area (Å²) in [5, 5.41) is 18.4. The van der Waals surface area contributed by atoms with Crippen LogP contribution in [0.15, 0.2) is 23.3 Å². The molecule has 24 heavy (non-hydrogen) atoms. The van der Waals surface area contributed by atoms with Crippen molar-refractivity contribution in [3.63, 3.8) is 0 Å². The zero-order chi connectivity index (χ0) is 18.1. The fourth-order valence-electron chi connectivity index (χ4n) is 2.04. The smallest absolute Gasteiger partial charge is 0.187 e. The average molecular weight is 352 g/mol. The molecule has 132 valence electrons. The van der Waals surface area contributed by atoms with Crippen LogP contribution >= 0.6 is 12.2 Å². The first kappa shape index (κ1) is 19.9. The van der Waals surface area contributed by atoms with Gasteiger partial charge >= 0.3 is 0 Å². The van der Waals surface area contributed by atoms with Gasteiger partial charge in [-0.05, 0) is 49.8 Å². The lowest BCUT2D eigenvalue weighted by Gasteiger charge is -2.15. The summed E-state index contributed by atoms with van der Waals surface area (Å²) >= 11 is 5.14. The topological polar surface area (TPSA) is 95.0 Å². The van der Waals surface area contributed by atoms with Crippen molar-refractivity contribution >= 4 is 29.0 Å². The molecule has 0 bridgehead atoms. The van der Waals surface area contributed by atoms with E-state index in [0.717, 1.165) is 5.56 Å². The van der Waals surface area contributed by atoms with Crippen LogP contribution < -0.4 is 20.6 Å². The standard InChI is InChI=1S/C16H23N3O4S/c1-10(9-22-3)17-16(24)19-18-11(2)12-5-6-14(23-4)13(7-12)8-15(20)21/h5-7,10H,8-9H2,1-4H3,(H,20,21)(H2,17,19,24)/p-1/b18-11-/t10-/m1/s1. The maximum Gasteiger partial charge on any atom is 0.187 e. The number of carboxylic acids is 1. The molecule has 0 radical (unpaired) electrons. The van der Waals surface area contributed by atoms with Gasteiger partial charge in [0.2, 0.25) is 0 Å². The summed E-state index contributed by atoms with van der Waals surface area (Å²) in [5.74, 6) is -0.676. The molecule has 0 saturated heterocycles. The zero-order valence-corrected chi connectivity index (χ0v) is 15.0. The number of methoxy groups -OCH3 is 2. The van der Waals surface area contributed by atoms with E-state index in [1.807, 2.05) is 6.92 Å². The van der Waals surface area contributed by atoms with Crippen molar-refractivity contribution in [2.24, 2.45) is 5.10 Å². The third kappa shape index (κ3) is 6.51. The predicted octanol–water partition coefficient (Wildman–Crippen LogP) is 0.211. The fourth-order valence-corrected chi connectivity index (χ4v) is 2.29. The average Bonchev–Trinajstić information content (AvgIpc) is 2.52. The second-order valence-corrected chi connectivity index (χ2v) is 5.62. The van der Waals surface area contributed by atoms with E-state index in [2.05, 4.69) is 15.8 Å². The van der Waals surface area contributed by atoms with Gasteiger partial charge < -0.3 is 24.7 Å². The van der Waals surface area contributed by atoms with Gasteiger partial charge in [0.1, 0.15) is 5.75 Å². The molecule has 1 atom stereocenters. The van der Waals surface area contributed by atoms with Crippen LogP contribution in [0.2, 0.25) is 0 Å². The summed E-state index contributed by atoms with van der Waals surface area (Å²) in [4.78, 5) is 10.8. The first-order chi connectivity index (χ1) is 11.4. The van der Waals surface area contributed by atoms with E-state index in [4.69, 9.17) is 21.7 Å². The normalized spacial score (nSPS) is 12.4. The van der Waals surface area contributed by atoms with Gasteiger partial charge in [0, 0.05) is 31.1 Å². The zero-order valence-electron chi connectivity index (χ0n) is 14.2. The highest BCUT2D eigenvalue weighted by Crippen LogP contribution is 2.20. The van der Waals surface area contributed by atoms with Crippen molar-refractivity contribution in [1.82, 2.24) is 10.7 Å². The Balaban J connectivity index is 2.80. The third-order valence-electron chi connectivity index (χ3n) is 3.15. The molecule has 7 nitrogen and oxygen atoms in total. The third-order valence-corrected chi connectivity index (χ3v) is 3.36. The molecule has 0 heterocycles. The first-order valence-corrected chi connectivity index (χ1v) is 7.75. The second-order valence-electron chi connectivity index (χ2n) is 5.21. The van der Waals surface area contributed by atoms with Crippen LogP contribution in [0.1, 0.15) is 25.0 Å². The SMILES string of the molecule is COC[C@@H](C)NC(=S)N/N=C(/C)c1ccc(OC)c(CC(=O)[O-])c1. The summed E-state index contributed by atoms with van der Waals surface area (Å²) in [6, 6.07) is 5.26. The van der Waals surface area contributed by atoms with E-state index in [9.17, 15) is 9.90 Å². The van der Waals surface area contributed by atoms with Crippen LogP contribution in [0.4, 0.5) is 0 Å². The molecule has 0 spiro atoms. The largest absolute Gasteiger partial charge is 0.550 e. The quantitative estimate of drug-likeness (QED) is 0.392. The predicted molar refractivity (Wildman–Crippen MR) is 94.1 cm³/mol. The van der Waals surface area contributed by atoms with Crippen LogP contribution in [0.5, 0.6) is 5.75 Å². The van der Waals surface area contributed by atoms with Crippen LogP contribution in [-0.2, 0) is 16.0 Å². The molecule has 0 aliphatic heterocycles. The van der Waals surface area contributed by atoms with Gasteiger partial charge in [-0.1, -0.05) is 0 Å². The number of hydrogen-bond acceptors (Lipinski definition) is 6. The minimum atomic E-state index is -1.17. The van der Waals surface area contributed by atoms with Gasteiger partial charge in [-0.25, -0.2) is 0 Å². The number of nitrogens with one attached hydrogen (secondary N) is 2. The highest BCUT2D eigenvalue weighted by molar-refractivity contribution is 7.80. The number of aliphatic carboxylic acids is 1. The number of thiocarbonyl (C=S) groups is 1. The number of hydrazone groups is 1. The number of carboxylic acid groups (broad SMARTS) is 1. The molecule has 0 aliphatic carbocycles. The monoisotopic (exact) mass is 352 g/mol. The minimum Gasteiger partial charge on any atom is -0.550 e. The van der Waals surface area contributed by atoms with Crippen molar-refractivity contribution in [2.75, 3.05) is 20.8 Å². The van der Waals surface area contributed by atoms with Gasteiger partial charge in [0.15, 0.2) is 5.11 Å². The van der Waals surface area contributed by atoms with Gasteiger partial charge in [-0.2, -0.15) is 5.10 Å². The van der Waals surface area contributed by atoms with Crippen molar-refractivity contribution < 1.29 is 19.4 Å². The van der Waals surface area contributed by atoms with Gasteiger partial charge in [0.25, 0.3) is 0 Å². The lowest BCUT2D eigenvalue weighted by Crippen LogP contribution is -2.40. The molecule has 0 unspecified atom stereocenters. The molecule has 1 rings (SSSR count). The fraction of sp³-hybridized carbons (Fsp3) is 0.438. The van der Waals surface area contributed by atoms with Gasteiger partial charge in [0.05, 0.1) is 19.4 Å². The summed E-state index contributed by atoms with van der Waals surface area (Å²) < 4.78 is 10.2. The van der Waals surface area contributed by atoms with E-state index in [1.54, 1.807) is 32.2 Å². The molecular weight excluding hydrogens is 330 g/mol. The van der Waals surface area contributed by atoms with E-state index in [1.165, 1.54) is 7.11 Å². The Labute approximate surface area is 147 Å². The lowest BCUT2D eigenvalue weighted by molar-refractivity contribution is -0.304. The molecule has 0 fully saturated rings. The number of benzene rings is 1. The van der Waals surface area contributed by atoms with Crippen LogP contribution in [0.3, 0.4) is 0 Å². The summed E-state index contributed by atoms with van der Waals surface area (Å²) in [6.45, 7) is 4.25. The lowest BCUT2D eigenvalue weighted by atomic mass is 10.0. The van der Waals surface area contributed by atoms with E-state index >= 15 is 0 Å². The Morgan fingerprint density at radius 1 is 1.42 bits per heavy atom. The molecule has 1 aromatic carbocycles. The van der Waals surface area contributed by atoms with E-state index < -0.39 is 5.97 Å². The Bertz CT molecular complexity index is 619. The number of ether oxygens (including phenoxy) is 2. The molecule has 8 heteroatoms. The number of carbonyl (C=O) groups is 1. The molecule has 0 saturated carbocycles. The Hall–Kier alpha value is -2.19. The summed E-state index contributed by atoms with van der Waals surface area (Å²) in [6.07, 6.45) is -0.230. The van der Waals surface area contributed by atoms with Crippen LogP contribution in [0.25, 0.3) is 0 Å². The number of hydrogen-bond donors (Lipinski definition) is 2. The van der Waals surface area contributed by atoms with Gasteiger partial charge in [-0.15, -0.1) is 0 Å². The van der Waals surface area contributed by atoms with Crippen LogP contribution in [0, 0.1) is 0 Å². The Morgan fingerprint density at radius 2 is 2.12 bits per heavy atom. The Kier molecular flexibility index (Phi) is 8.14. The maximum absolute atomic E-state index is 10.8. The number of rotatable bonds is 8. The molecular formula is C16H22N3O4S-. The van der Waals surface area contributed by atoms with Gasteiger partial charge in [-0.3, -0.25) is 5.43 Å². The first-order valence-electron chi connectivity index (χ1n) is 7.34. The highest BCUT2D eigenvalue weighted by atomic mass is 32.1. The van der Waals surface area contributed by atoms with Crippen molar-refractivity contribution in [1.29, 1.82) is 0 Å². The molecule has 0 amide bonds. The highest BCUT2D eigenvalue weighted by Gasteiger charge is 2.08. The van der Waals surface area contributed by atoms with Crippen molar-refractivity contribution in [3.8, 4) is 5.75 Å². The number of carbonyl (C=O) groups excluding carboxylic acids is 1. The van der Waals surface area contributed by atoms with E-state index in [0.29, 0.717) is 28.7 Å². The maximum atomic E-state index is 10.8. The summed E-state index contributed by atoms with van der Waals surface area (Å²) in [7, 11) is 3.10. The molecule has 0 aliphatic rings. The van der Waals surface area contributed by atoms with Crippen molar-refractivity contribution in [3.05, 3.63) is 29.3 Å². The Morgan fingerprint density at radius 3 is 2.71 bits per heavy atom.